The van der Waals surface area contributed by atoms with Crippen molar-refractivity contribution >= 4 is 44.3 Å². The first-order valence-corrected chi connectivity index (χ1v) is 10.7. The van der Waals surface area contributed by atoms with E-state index in [4.69, 9.17) is 0 Å². The molecule has 3 heterocycles. The molecule has 0 saturated heterocycles. The van der Waals surface area contributed by atoms with E-state index in [1.807, 2.05) is 47.8 Å². The number of benzene rings is 2. The summed E-state index contributed by atoms with van der Waals surface area (Å²) in [5.41, 5.74) is 5.01. The highest BCUT2D eigenvalue weighted by Crippen LogP contribution is 2.31. The highest BCUT2D eigenvalue weighted by Gasteiger charge is 2.13. The van der Waals surface area contributed by atoms with E-state index in [-0.39, 0.29) is 5.56 Å². The van der Waals surface area contributed by atoms with Crippen LogP contribution in [0.5, 0.6) is 0 Å². The predicted octanol–water partition coefficient (Wildman–Crippen LogP) is 5.13. The average molecular weight is 405 g/mol. The molecule has 0 atom stereocenters. The van der Waals surface area contributed by atoms with Crippen molar-refractivity contribution < 1.29 is 0 Å². The van der Waals surface area contributed by atoms with Crippen molar-refractivity contribution in [2.45, 2.75) is 17.8 Å². The van der Waals surface area contributed by atoms with Crippen LogP contribution in [0.4, 0.5) is 0 Å². The Labute approximate surface area is 168 Å². The molecule has 5 nitrogen and oxygen atoms in total. The number of hydrogen-bond donors (Lipinski definition) is 2. The van der Waals surface area contributed by atoms with Crippen LogP contribution in [0, 0.1) is 6.92 Å². The van der Waals surface area contributed by atoms with Crippen LogP contribution in [-0.4, -0.2) is 19.9 Å². The second kappa shape index (κ2) is 6.92. The van der Waals surface area contributed by atoms with E-state index in [2.05, 4.69) is 32.9 Å². The zero-order valence-corrected chi connectivity index (χ0v) is 16.7. The molecule has 0 bridgehead atoms. The summed E-state index contributed by atoms with van der Waals surface area (Å²) < 4.78 is 0. The van der Waals surface area contributed by atoms with Crippen molar-refractivity contribution in [2.24, 2.45) is 0 Å². The van der Waals surface area contributed by atoms with Crippen LogP contribution < -0.4 is 5.56 Å². The van der Waals surface area contributed by atoms with Gasteiger partial charge in [-0.15, -0.1) is 11.3 Å². The summed E-state index contributed by atoms with van der Waals surface area (Å²) in [6.07, 6.45) is 0. The maximum Gasteiger partial charge on any atom is 0.260 e. The number of imidazole rings is 1. The first-order chi connectivity index (χ1) is 13.7. The van der Waals surface area contributed by atoms with Gasteiger partial charge in [-0.3, -0.25) is 4.79 Å². The topological polar surface area (TPSA) is 74.4 Å². The molecule has 0 unspecified atom stereocenters. The van der Waals surface area contributed by atoms with Crippen molar-refractivity contribution in [1.82, 2.24) is 19.9 Å². The summed E-state index contributed by atoms with van der Waals surface area (Å²) in [7, 11) is 0. The molecule has 0 radical (unpaired) electrons. The second-order valence-corrected chi connectivity index (χ2v) is 8.38. The van der Waals surface area contributed by atoms with Gasteiger partial charge in [0.05, 0.1) is 22.2 Å². The molecular formula is C21H16N4OS2. The van der Waals surface area contributed by atoms with Crippen LogP contribution in [0.1, 0.15) is 11.4 Å². The van der Waals surface area contributed by atoms with Crippen molar-refractivity contribution in [3.8, 4) is 11.1 Å². The number of aromatic amines is 2. The molecule has 5 aromatic rings. The lowest BCUT2D eigenvalue weighted by molar-refractivity contribution is 1.03. The Hall–Kier alpha value is -2.90. The minimum Gasteiger partial charge on any atom is -0.333 e. The molecule has 28 heavy (non-hydrogen) atoms. The monoisotopic (exact) mass is 404 g/mol. The van der Waals surface area contributed by atoms with E-state index in [0.717, 1.165) is 32.1 Å². The quantitative estimate of drug-likeness (QED) is 0.407. The molecule has 3 aromatic heterocycles. The molecule has 5 rings (SSSR count). The van der Waals surface area contributed by atoms with Gasteiger partial charge < -0.3 is 9.97 Å². The number of nitrogens with zero attached hydrogens (tertiary/aromatic N) is 2. The molecule has 0 amide bonds. The van der Waals surface area contributed by atoms with Crippen LogP contribution in [0.15, 0.2) is 63.9 Å². The van der Waals surface area contributed by atoms with Gasteiger partial charge in [0.25, 0.3) is 5.56 Å². The van der Waals surface area contributed by atoms with Gasteiger partial charge >= 0.3 is 0 Å². The van der Waals surface area contributed by atoms with Crippen molar-refractivity contribution in [3.63, 3.8) is 0 Å². The van der Waals surface area contributed by atoms with Gasteiger partial charge in [-0.25, -0.2) is 9.97 Å². The molecule has 0 spiro atoms. The largest absolute Gasteiger partial charge is 0.333 e. The summed E-state index contributed by atoms with van der Waals surface area (Å²) in [6, 6.07) is 16.1. The predicted molar refractivity (Wildman–Crippen MR) is 116 cm³/mol. The lowest BCUT2D eigenvalue weighted by atomic mass is 10.1. The smallest absolute Gasteiger partial charge is 0.260 e. The third-order valence-corrected chi connectivity index (χ3v) is 6.30. The Morgan fingerprint density at radius 1 is 1.07 bits per heavy atom. The molecule has 7 heteroatoms. The zero-order chi connectivity index (χ0) is 19.1. The van der Waals surface area contributed by atoms with E-state index in [1.165, 1.54) is 28.7 Å². The Balaban J connectivity index is 1.44. The number of thioether (sulfide) groups is 1. The molecule has 138 valence electrons. The maximum absolute atomic E-state index is 12.7. The Kier molecular flexibility index (Phi) is 4.26. The van der Waals surface area contributed by atoms with Crippen LogP contribution in [0.25, 0.3) is 32.4 Å². The van der Waals surface area contributed by atoms with E-state index in [0.29, 0.717) is 17.0 Å². The molecule has 0 aliphatic heterocycles. The summed E-state index contributed by atoms with van der Waals surface area (Å²) >= 11 is 3.03. The molecule has 2 N–H and O–H groups in total. The molecule has 0 saturated carbocycles. The Morgan fingerprint density at radius 2 is 1.93 bits per heavy atom. The summed E-state index contributed by atoms with van der Waals surface area (Å²) in [5, 5.41) is 3.48. The Morgan fingerprint density at radius 3 is 2.79 bits per heavy atom. The number of aryl methyl sites for hydroxylation is 1. The van der Waals surface area contributed by atoms with Gasteiger partial charge in [-0.1, -0.05) is 48.2 Å². The summed E-state index contributed by atoms with van der Waals surface area (Å²) in [5.74, 6) is 1.20. The van der Waals surface area contributed by atoms with Gasteiger partial charge in [0.2, 0.25) is 0 Å². The third kappa shape index (κ3) is 3.12. The van der Waals surface area contributed by atoms with Crippen molar-refractivity contribution in [2.75, 3.05) is 0 Å². The van der Waals surface area contributed by atoms with Gasteiger partial charge in [-0.05, 0) is 30.2 Å². The average Bonchev–Trinajstić information content (AvgIpc) is 3.30. The fraction of sp³-hybridized carbons (Fsp3) is 0.0952. The lowest BCUT2D eigenvalue weighted by Gasteiger charge is -2.01. The molecule has 2 aromatic carbocycles. The number of H-pyrrole nitrogens is 2. The number of thiophene rings is 1. The molecule has 0 fully saturated rings. The van der Waals surface area contributed by atoms with Gasteiger partial charge in [0.1, 0.15) is 10.7 Å². The van der Waals surface area contributed by atoms with Gasteiger partial charge in [0, 0.05) is 10.9 Å². The maximum atomic E-state index is 12.7. The van der Waals surface area contributed by atoms with Gasteiger partial charge in [0.15, 0.2) is 5.16 Å². The summed E-state index contributed by atoms with van der Waals surface area (Å²) in [6.45, 7) is 2.06. The zero-order valence-electron chi connectivity index (χ0n) is 15.0. The number of rotatable bonds is 4. The fourth-order valence-electron chi connectivity index (χ4n) is 3.20. The van der Waals surface area contributed by atoms with Crippen LogP contribution in [0.2, 0.25) is 0 Å². The Bertz CT molecular complexity index is 1350. The second-order valence-electron chi connectivity index (χ2n) is 6.56. The molecule has 0 aliphatic carbocycles. The number of hydrogen-bond acceptors (Lipinski definition) is 5. The van der Waals surface area contributed by atoms with E-state index in [9.17, 15) is 4.79 Å². The standard InChI is InChI=1S/C21H16N4OS2/c1-12-7-8-15-16(9-12)23-21(22-15)28-11-17-24-19(26)18-14(10-27-20(18)25-17)13-5-3-2-4-6-13/h2-10H,11H2,1H3,(H,22,23)(H,24,25,26). The van der Waals surface area contributed by atoms with Crippen molar-refractivity contribution in [1.29, 1.82) is 0 Å². The van der Waals surface area contributed by atoms with Crippen LogP contribution in [-0.2, 0) is 5.75 Å². The SMILES string of the molecule is Cc1ccc2nc(SCc3nc4scc(-c5ccccc5)c4c(=O)[nH]3)[nH]c2c1. The highest BCUT2D eigenvalue weighted by molar-refractivity contribution is 7.98. The number of nitrogens with one attached hydrogen (secondary N) is 2. The first-order valence-electron chi connectivity index (χ1n) is 8.82. The van der Waals surface area contributed by atoms with E-state index < -0.39 is 0 Å². The molecule has 0 aliphatic rings. The number of aromatic nitrogens is 4. The summed E-state index contributed by atoms with van der Waals surface area (Å²) in [4.78, 5) is 29.0. The normalized spacial score (nSPS) is 11.5. The first kappa shape index (κ1) is 17.2. The molecular weight excluding hydrogens is 388 g/mol. The highest BCUT2D eigenvalue weighted by atomic mass is 32.2. The van der Waals surface area contributed by atoms with Crippen LogP contribution in [0.3, 0.4) is 0 Å². The number of fused-ring (bicyclic) bond motifs is 2. The lowest BCUT2D eigenvalue weighted by Crippen LogP contribution is -2.10. The third-order valence-electron chi connectivity index (χ3n) is 4.54. The minimum atomic E-state index is -0.0964. The minimum absolute atomic E-state index is 0.0964. The van der Waals surface area contributed by atoms with E-state index >= 15 is 0 Å². The van der Waals surface area contributed by atoms with Crippen molar-refractivity contribution in [3.05, 3.63) is 75.7 Å². The fourth-order valence-corrected chi connectivity index (χ4v) is 4.92. The van der Waals surface area contributed by atoms with Crippen LogP contribution >= 0.6 is 23.1 Å². The van der Waals surface area contributed by atoms with E-state index in [1.54, 1.807) is 0 Å². The van der Waals surface area contributed by atoms with Gasteiger partial charge in [-0.2, -0.15) is 0 Å².